The van der Waals surface area contributed by atoms with Gasteiger partial charge in [-0.3, -0.25) is 0 Å². The topological polar surface area (TPSA) is 6.48 Å². The van der Waals surface area contributed by atoms with Gasteiger partial charge >= 0.3 is 0 Å². The van der Waals surface area contributed by atoms with Gasteiger partial charge in [-0.15, -0.1) is 0 Å². The van der Waals surface area contributed by atoms with Crippen LogP contribution in [0.15, 0.2) is 158 Å². The molecular formula is C47H39BN2Si. The van der Waals surface area contributed by atoms with Crippen LogP contribution in [0.2, 0.25) is 0 Å². The summed E-state index contributed by atoms with van der Waals surface area (Å²) in [5.74, 6) is 0.112. The van der Waals surface area contributed by atoms with E-state index in [0.29, 0.717) is 0 Å². The van der Waals surface area contributed by atoms with E-state index >= 15 is 0 Å². The highest BCUT2D eigenvalue weighted by Gasteiger charge is 2.49. The third kappa shape index (κ3) is 4.17. The van der Waals surface area contributed by atoms with E-state index in [1.807, 2.05) is 0 Å². The molecule has 3 aliphatic heterocycles. The minimum absolute atomic E-state index is 0.112. The molecule has 7 aromatic carbocycles. The summed E-state index contributed by atoms with van der Waals surface area (Å²) in [6.45, 7) is 4.71. The van der Waals surface area contributed by atoms with Crippen molar-refractivity contribution in [1.82, 2.24) is 0 Å². The first-order valence-electron chi connectivity index (χ1n) is 18.1. The lowest BCUT2D eigenvalue weighted by Gasteiger charge is -2.44. The molecule has 3 heterocycles. The van der Waals surface area contributed by atoms with Crippen LogP contribution < -0.4 is 46.9 Å². The number of hydrogen-bond donors (Lipinski definition) is 0. The molecule has 3 aliphatic rings. The highest BCUT2D eigenvalue weighted by molar-refractivity contribution is 7.20. The zero-order chi connectivity index (χ0) is 34.4. The van der Waals surface area contributed by atoms with Crippen molar-refractivity contribution < 1.29 is 0 Å². The maximum absolute atomic E-state index is 2.68. The lowest BCUT2D eigenvalue weighted by atomic mass is 9.33. The predicted molar refractivity (Wildman–Crippen MR) is 221 cm³/mol. The van der Waals surface area contributed by atoms with Gasteiger partial charge < -0.3 is 9.80 Å². The Kier molecular flexibility index (Phi) is 6.65. The smallest absolute Gasteiger partial charge is 0.252 e. The SMILES string of the molecule is Cc1ccc2c(c1)[Si](c1ccccc1)(c1ccccc1)c1cc(C)ccc1C2c1ccc2c(c1)N(C)c1cccc3c1B2c1ccccc1N3C. The Morgan fingerprint density at radius 1 is 0.471 bits per heavy atom. The van der Waals surface area contributed by atoms with Crippen LogP contribution in [0.5, 0.6) is 0 Å². The van der Waals surface area contributed by atoms with Crippen LogP contribution in [0, 0.1) is 13.8 Å². The Balaban J connectivity index is 1.24. The van der Waals surface area contributed by atoms with Crippen molar-refractivity contribution >= 4 is 74.7 Å². The normalized spacial score (nSPS) is 15.0. The number of rotatable bonds is 3. The molecule has 2 nitrogen and oxygen atoms in total. The van der Waals surface area contributed by atoms with E-state index in [0.717, 1.165) is 0 Å². The molecule has 0 spiro atoms. The molecule has 0 amide bonds. The average Bonchev–Trinajstić information content (AvgIpc) is 3.17. The van der Waals surface area contributed by atoms with E-state index in [1.165, 1.54) is 87.7 Å². The first-order valence-corrected chi connectivity index (χ1v) is 20.1. The Labute approximate surface area is 302 Å². The van der Waals surface area contributed by atoms with Crippen molar-refractivity contribution in [1.29, 1.82) is 0 Å². The first-order chi connectivity index (χ1) is 25.0. The van der Waals surface area contributed by atoms with Gasteiger partial charge in [0.05, 0.1) is 0 Å². The second-order valence-corrected chi connectivity index (χ2v) is 18.5. The fraction of sp³-hybridized carbons (Fsp3) is 0.106. The van der Waals surface area contributed by atoms with Crippen LogP contribution in [-0.4, -0.2) is 28.9 Å². The second-order valence-electron chi connectivity index (χ2n) is 14.7. The molecule has 0 N–H and O–H groups in total. The van der Waals surface area contributed by atoms with Crippen molar-refractivity contribution in [2.75, 3.05) is 23.9 Å². The zero-order valence-electron chi connectivity index (χ0n) is 29.6. The van der Waals surface area contributed by atoms with E-state index in [1.54, 1.807) is 0 Å². The molecule has 0 aromatic heterocycles. The third-order valence-electron chi connectivity index (χ3n) is 12.0. The van der Waals surface area contributed by atoms with Crippen LogP contribution in [0.25, 0.3) is 0 Å². The number of benzene rings is 7. The summed E-state index contributed by atoms with van der Waals surface area (Å²) in [4.78, 5) is 4.81. The van der Waals surface area contributed by atoms with Gasteiger partial charge in [-0.1, -0.05) is 145 Å². The van der Waals surface area contributed by atoms with E-state index in [9.17, 15) is 0 Å². The van der Waals surface area contributed by atoms with E-state index in [4.69, 9.17) is 0 Å². The van der Waals surface area contributed by atoms with Crippen molar-refractivity contribution in [2.24, 2.45) is 0 Å². The Bertz CT molecular complexity index is 2410. The van der Waals surface area contributed by atoms with Crippen LogP contribution >= 0.6 is 0 Å². The summed E-state index contributed by atoms with van der Waals surface area (Å²) in [5.41, 5.74) is 16.2. The lowest BCUT2D eigenvalue weighted by Crippen LogP contribution is -2.77. The molecule has 0 unspecified atom stereocenters. The standard InChI is InChI=1S/C47H39BN2Si/c1-31-22-25-36-44(28-31)51(34-14-7-5-8-15-34,35-16-9-6-10-17-35)45-29-32(2)23-26-37(45)46(36)33-24-27-39-43(30-33)50(4)42-21-13-20-41-47(42)48(39)38-18-11-12-19-40(38)49(41)3/h5-30,46H,1-4H3. The Morgan fingerprint density at radius 3 is 1.59 bits per heavy atom. The monoisotopic (exact) mass is 670 g/mol. The van der Waals surface area contributed by atoms with Crippen LogP contribution in [-0.2, 0) is 0 Å². The molecule has 244 valence electrons. The molecule has 4 heteroatoms. The maximum atomic E-state index is 2.53. The minimum atomic E-state index is -2.68. The summed E-state index contributed by atoms with van der Waals surface area (Å²) in [5, 5.41) is 5.89. The van der Waals surface area contributed by atoms with Gasteiger partial charge in [-0.2, -0.15) is 0 Å². The third-order valence-corrected chi connectivity index (χ3v) is 16.9. The van der Waals surface area contributed by atoms with Gasteiger partial charge in [0.1, 0.15) is 0 Å². The lowest BCUT2D eigenvalue weighted by molar-refractivity contribution is 0.980. The predicted octanol–water partition coefficient (Wildman–Crippen LogP) is 5.85. The number of fused-ring (bicyclic) bond motifs is 6. The first kappa shape index (κ1) is 30.3. The van der Waals surface area contributed by atoms with Gasteiger partial charge in [0.2, 0.25) is 0 Å². The van der Waals surface area contributed by atoms with Gasteiger partial charge in [0.15, 0.2) is 8.07 Å². The van der Waals surface area contributed by atoms with Crippen molar-refractivity contribution in [3.63, 3.8) is 0 Å². The molecule has 0 bridgehead atoms. The van der Waals surface area contributed by atoms with Crippen molar-refractivity contribution in [2.45, 2.75) is 19.8 Å². The number of aryl methyl sites for hydroxylation is 2. The number of anilines is 4. The Morgan fingerprint density at radius 2 is 0.980 bits per heavy atom. The number of para-hydroxylation sites is 1. The van der Waals surface area contributed by atoms with Gasteiger partial charge in [-0.25, -0.2) is 0 Å². The molecule has 0 radical (unpaired) electrons. The number of hydrogen-bond acceptors (Lipinski definition) is 2. The highest BCUT2D eigenvalue weighted by Crippen LogP contribution is 2.40. The van der Waals surface area contributed by atoms with Gasteiger partial charge in [-0.05, 0) is 91.9 Å². The van der Waals surface area contributed by atoms with E-state index in [2.05, 4.69) is 195 Å². The molecule has 0 atom stereocenters. The molecule has 7 aromatic rings. The minimum Gasteiger partial charge on any atom is -0.345 e. The van der Waals surface area contributed by atoms with Crippen molar-refractivity contribution in [3.8, 4) is 0 Å². The average molecular weight is 671 g/mol. The molecular weight excluding hydrogens is 631 g/mol. The van der Waals surface area contributed by atoms with Crippen LogP contribution in [0.4, 0.5) is 22.7 Å². The van der Waals surface area contributed by atoms with E-state index < -0.39 is 8.07 Å². The molecule has 0 saturated heterocycles. The van der Waals surface area contributed by atoms with Crippen LogP contribution in [0.1, 0.15) is 33.7 Å². The largest absolute Gasteiger partial charge is 0.345 e. The fourth-order valence-corrected chi connectivity index (χ4v) is 15.3. The molecule has 10 rings (SSSR count). The zero-order valence-corrected chi connectivity index (χ0v) is 30.6. The van der Waals surface area contributed by atoms with Gasteiger partial charge in [0, 0.05) is 42.8 Å². The number of nitrogens with zero attached hydrogens (tertiary/aromatic N) is 2. The van der Waals surface area contributed by atoms with Gasteiger partial charge in [0.25, 0.3) is 6.71 Å². The highest BCUT2D eigenvalue weighted by atomic mass is 28.3. The summed E-state index contributed by atoms with van der Waals surface area (Å²) >= 11 is 0. The summed E-state index contributed by atoms with van der Waals surface area (Å²) in [6.07, 6.45) is 0. The molecule has 51 heavy (non-hydrogen) atoms. The molecule has 0 aliphatic carbocycles. The molecule has 0 fully saturated rings. The maximum Gasteiger partial charge on any atom is 0.252 e. The summed E-state index contributed by atoms with van der Waals surface area (Å²) < 4.78 is 0. The Hall–Kier alpha value is -5.58. The fourth-order valence-electron chi connectivity index (χ4n) is 9.80. The quantitative estimate of drug-likeness (QED) is 0.218. The summed E-state index contributed by atoms with van der Waals surface area (Å²) in [6, 6.07) is 60.6. The molecule has 0 saturated carbocycles. The summed E-state index contributed by atoms with van der Waals surface area (Å²) in [7, 11) is 1.78. The second kappa shape index (κ2) is 11.2. The van der Waals surface area contributed by atoms with E-state index in [-0.39, 0.29) is 12.6 Å². The van der Waals surface area contributed by atoms with Crippen molar-refractivity contribution in [3.05, 3.63) is 186 Å². The van der Waals surface area contributed by atoms with Crippen LogP contribution in [0.3, 0.4) is 0 Å².